The highest BCUT2D eigenvalue weighted by molar-refractivity contribution is 7.99. The summed E-state index contributed by atoms with van der Waals surface area (Å²) in [5, 5.41) is 3.08. The first-order valence-electron chi connectivity index (χ1n) is 10.5. The van der Waals surface area contributed by atoms with Gasteiger partial charge in [-0.1, -0.05) is 73.3 Å². The number of nitrogens with zero attached hydrogens (tertiary/aromatic N) is 1. The average Bonchev–Trinajstić information content (AvgIpc) is 2.98. The summed E-state index contributed by atoms with van der Waals surface area (Å²) in [6.45, 7) is 6.81. The van der Waals surface area contributed by atoms with Crippen LogP contribution in [0.15, 0.2) is 99.2 Å². The molecule has 1 heterocycles. The molecule has 0 saturated heterocycles. The minimum absolute atomic E-state index is 0.0724. The van der Waals surface area contributed by atoms with E-state index in [1.807, 2.05) is 49.4 Å². The monoisotopic (exact) mass is 426 g/mol. The summed E-state index contributed by atoms with van der Waals surface area (Å²) >= 11 is 1.70. The number of carbonyl (C=O) groups is 1. The fraction of sp³-hybridized carbons (Fsp3) is 0.185. The van der Waals surface area contributed by atoms with Crippen molar-refractivity contribution in [3.05, 3.63) is 101 Å². The van der Waals surface area contributed by atoms with Gasteiger partial charge in [0, 0.05) is 27.5 Å². The maximum absolute atomic E-state index is 12.9. The third-order valence-electron chi connectivity index (χ3n) is 5.56. The van der Waals surface area contributed by atoms with E-state index < -0.39 is 0 Å². The average molecular weight is 427 g/mol. The van der Waals surface area contributed by atoms with E-state index in [9.17, 15) is 4.79 Å². The summed E-state index contributed by atoms with van der Waals surface area (Å²) in [7, 11) is 0. The Bertz CT molecular complexity index is 1160. The van der Waals surface area contributed by atoms with Gasteiger partial charge in [-0.25, -0.2) is 4.99 Å². The minimum atomic E-state index is -0.0724. The highest BCUT2D eigenvalue weighted by Gasteiger charge is 2.19. The van der Waals surface area contributed by atoms with Gasteiger partial charge in [0.1, 0.15) is 0 Å². The second kappa shape index (κ2) is 9.36. The maximum Gasteiger partial charge on any atom is 0.251 e. The molecule has 0 saturated carbocycles. The normalized spacial score (nSPS) is 14.0. The third kappa shape index (κ3) is 4.64. The van der Waals surface area contributed by atoms with Gasteiger partial charge >= 0.3 is 0 Å². The SMILES string of the molecule is C/C=C(\C)C1=Nc2cc(C(=O)NCC(C)c3ccccc3)ccc2Sc2ccccc21. The van der Waals surface area contributed by atoms with Crippen LogP contribution in [0.25, 0.3) is 0 Å². The van der Waals surface area contributed by atoms with Gasteiger partial charge in [-0.2, -0.15) is 0 Å². The van der Waals surface area contributed by atoms with Gasteiger partial charge in [0.2, 0.25) is 0 Å². The van der Waals surface area contributed by atoms with Crippen LogP contribution >= 0.6 is 11.8 Å². The van der Waals surface area contributed by atoms with Crippen LogP contribution in [0, 0.1) is 0 Å². The standard InChI is InChI=1S/C27H26N2OS/c1-4-18(2)26-22-12-8-9-13-24(22)31-25-15-14-21(16-23(25)29-26)27(30)28-17-19(3)20-10-6-5-7-11-20/h4-16,19H,17H2,1-3H3,(H,28,30)/b18-4+. The molecule has 4 heteroatoms. The van der Waals surface area contributed by atoms with E-state index in [4.69, 9.17) is 4.99 Å². The fourth-order valence-corrected chi connectivity index (χ4v) is 4.57. The molecule has 0 aromatic heterocycles. The number of hydrogen-bond acceptors (Lipinski definition) is 3. The van der Waals surface area contributed by atoms with Crippen LogP contribution in [-0.2, 0) is 0 Å². The first kappa shape index (κ1) is 21.1. The van der Waals surface area contributed by atoms with E-state index in [2.05, 4.69) is 55.6 Å². The van der Waals surface area contributed by atoms with Crippen molar-refractivity contribution in [2.75, 3.05) is 6.54 Å². The molecule has 1 atom stereocenters. The van der Waals surface area contributed by atoms with E-state index in [1.54, 1.807) is 11.8 Å². The molecule has 0 fully saturated rings. The van der Waals surface area contributed by atoms with Crippen LogP contribution in [-0.4, -0.2) is 18.2 Å². The molecule has 1 unspecified atom stereocenters. The molecule has 156 valence electrons. The van der Waals surface area contributed by atoms with Gasteiger partial charge in [0.15, 0.2) is 0 Å². The number of benzene rings is 3. The highest BCUT2D eigenvalue weighted by Crippen LogP contribution is 2.41. The Balaban J connectivity index is 1.60. The third-order valence-corrected chi connectivity index (χ3v) is 6.70. The number of aliphatic imine (C=N–C) groups is 1. The summed E-state index contributed by atoms with van der Waals surface area (Å²) in [5.41, 5.74) is 5.89. The Kier molecular flexibility index (Phi) is 6.38. The van der Waals surface area contributed by atoms with Crippen molar-refractivity contribution in [1.82, 2.24) is 5.32 Å². The number of rotatable bonds is 5. The summed E-state index contributed by atoms with van der Waals surface area (Å²) in [5.74, 6) is 0.176. The number of hydrogen-bond donors (Lipinski definition) is 1. The van der Waals surface area contributed by atoms with Gasteiger partial charge in [-0.15, -0.1) is 0 Å². The fourth-order valence-electron chi connectivity index (χ4n) is 3.57. The molecule has 31 heavy (non-hydrogen) atoms. The Hall–Kier alpha value is -3.11. The van der Waals surface area contributed by atoms with Gasteiger partial charge in [-0.05, 0) is 55.2 Å². The van der Waals surface area contributed by atoms with Crippen LogP contribution in [0.3, 0.4) is 0 Å². The van der Waals surface area contributed by atoms with Crippen molar-refractivity contribution in [2.24, 2.45) is 4.99 Å². The number of allylic oxidation sites excluding steroid dienone is 2. The minimum Gasteiger partial charge on any atom is -0.351 e. The smallest absolute Gasteiger partial charge is 0.251 e. The van der Waals surface area contributed by atoms with Crippen LogP contribution in [0.2, 0.25) is 0 Å². The molecule has 3 aromatic rings. The quantitative estimate of drug-likeness (QED) is 0.489. The lowest BCUT2D eigenvalue weighted by atomic mass is 10.0. The zero-order valence-corrected chi connectivity index (χ0v) is 18.9. The second-order valence-electron chi connectivity index (χ2n) is 7.73. The first-order chi connectivity index (χ1) is 15.1. The molecule has 3 nitrogen and oxygen atoms in total. The van der Waals surface area contributed by atoms with Crippen molar-refractivity contribution in [1.29, 1.82) is 0 Å². The number of amides is 1. The van der Waals surface area contributed by atoms with Gasteiger partial charge in [0.05, 0.1) is 11.4 Å². The zero-order valence-electron chi connectivity index (χ0n) is 18.1. The Morgan fingerprint density at radius 1 is 1.03 bits per heavy atom. The van der Waals surface area contributed by atoms with Crippen LogP contribution in [0.1, 0.15) is 48.2 Å². The van der Waals surface area contributed by atoms with E-state index >= 15 is 0 Å². The van der Waals surface area contributed by atoms with Gasteiger partial charge in [-0.3, -0.25) is 4.79 Å². The molecule has 1 amide bonds. The predicted molar refractivity (Wildman–Crippen MR) is 130 cm³/mol. The number of fused-ring (bicyclic) bond motifs is 2. The number of nitrogens with one attached hydrogen (secondary N) is 1. The molecular weight excluding hydrogens is 400 g/mol. The molecule has 4 rings (SSSR count). The molecule has 0 aliphatic carbocycles. The maximum atomic E-state index is 12.9. The van der Waals surface area contributed by atoms with Crippen LogP contribution in [0.4, 0.5) is 5.69 Å². The lowest BCUT2D eigenvalue weighted by Crippen LogP contribution is -2.27. The lowest BCUT2D eigenvalue weighted by molar-refractivity contribution is 0.0951. The summed E-state index contributed by atoms with van der Waals surface area (Å²) < 4.78 is 0. The molecule has 1 N–H and O–H groups in total. The summed E-state index contributed by atoms with van der Waals surface area (Å²) in [6, 6.07) is 24.4. The van der Waals surface area contributed by atoms with Crippen molar-refractivity contribution in [3.8, 4) is 0 Å². The van der Waals surface area contributed by atoms with Crippen molar-refractivity contribution >= 4 is 29.1 Å². The lowest BCUT2D eigenvalue weighted by Gasteiger charge is -2.13. The van der Waals surface area contributed by atoms with Gasteiger partial charge in [0.25, 0.3) is 5.91 Å². The van der Waals surface area contributed by atoms with E-state index in [0.29, 0.717) is 12.1 Å². The van der Waals surface area contributed by atoms with Gasteiger partial charge < -0.3 is 5.32 Å². The molecule has 0 radical (unpaired) electrons. The molecular formula is C27H26N2OS. The summed E-state index contributed by atoms with van der Waals surface area (Å²) in [6.07, 6.45) is 2.08. The Labute approximate surface area is 188 Å². The van der Waals surface area contributed by atoms with E-state index in [1.165, 1.54) is 10.5 Å². The first-order valence-corrected chi connectivity index (χ1v) is 11.3. The zero-order chi connectivity index (χ0) is 21.8. The highest BCUT2D eigenvalue weighted by atomic mass is 32.2. The Morgan fingerprint density at radius 3 is 2.55 bits per heavy atom. The Morgan fingerprint density at radius 2 is 1.77 bits per heavy atom. The van der Waals surface area contributed by atoms with E-state index in [0.717, 1.165) is 27.4 Å². The molecule has 1 aliphatic rings. The van der Waals surface area contributed by atoms with Crippen molar-refractivity contribution < 1.29 is 4.79 Å². The largest absolute Gasteiger partial charge is 0.351 e. The van der Waals surface area contributed by atoms with Crippen LogP contribution in [0.5, 0.6) is 0 Å². The van der Waals surface area contributed by atoms with Crippen molar-refractivity contribution in [3.63, 3.8) is 0 Å². The topological polar surface area (TPSA) is 41.5 Å². The summed E-state index contributed by atoms with van der Waals surface area (Å²) in [4.78, 5) is 20.1. The second-order valence-corrected chi connectivity index (χ2v) is 8.82. The van der Waals surface area contributed by atoms with Crippen LogP contribution < -0.4 is 5.32 Å². The molecule has 0 bridgehead atoms. The molecule has 1 aliphatic heterocycles. The predicted octanol–water partition coefficient (Wildman–Crippen LogP) is 6.77. The number of carbonyl (C=O) groups excluding carboxylic acids is 1. The van der Waals surface area contributed by atoms with Crippen molar-refractivity contribution in [2.45, 2.75) is 36.5 Å². The molecule has 0 spiro atoms. The molecule has 3 aromatic carbocycles. The van der Waals surface area contributed by atoms with E-state index in [-0.39, 0.29) is 11.8 Å².